The maximum atomic E-state index is 9.58. The molecule has 108 valence electrons. The van der Waals surface area contributed by atoms with Crippen LogP contribution in [0.1, 0.15) is 57.8 Å². The Labute approximate surface area is 122 Å². The van der Waals surface area contributed by atoms with Crippen LogP contribution in [0.5, 0.6) is 5.75 Å². The predicted molar refractivity (Wildman–Crippen MR) is 81.5 cm³/mol. The second kappa shape index (κ2) is 7.94. The largest absolute Gasteiger partial charge is 0.494 e. The highest BCUT2D eigenvalue weighted by Crippen LogP contribution is 2.37. The van der Waals surface area contributed by atoms with Gasteiger partial charge in [-0.3, -0.25) is 0 Å². The lowest BCUT2D eigenvalue weighted by atomic mass is 9.74. The molecule has 0 unspecified atom stereocenters. The summed E-state index contributed by atoms with van der Waals surface area (Å²) in [5, 5.41) is 9.58. The van der Waals surface area contributed by atoms with Crippen molar-refractivity contribution in [1.29, 1.82) is 5.26 Å². The number of hydrogen-bond acceptors (Lipinski definition) is 2. The fourth-order valence-corrected chi connectivity index (χ4v) is 3.12. The average molecular weight is 271 g/mol. The number of hydrogen-bond donors (Lipinski definition) is 0. The first-order chi connectivity index (χ1) is 9.85. The molecule has 1 aliphatic carbocycles. The molecule has 20 heavy (non-hydrogen) atoms. The Kier molecular flexibility index (Phi) is 5.92. The molecule has 1 aliphatic rings. The van der Waals surface area contributed by atoms with E-state index in [2.05, 4.69) is 6.07 Å². The number of ether oxygens (including phenoxy) is 1. The van der Waals surface area contributed by atoms with Crippen LogP contribution >= 0.6 is 0 Å². The van der Waals surface area contributed by atoms with Crippen molar-refractivity contribution in [3.05, 3.63) is 30.3 Å². The van der Waals surface area contributed by atoms with Crippen molar-refractivity contribution in [2.75, 3.05) is 6.61 Å². The minimum Gasteiger partial charge on any atom is -0.494 e. The van der Waals surface area contributed by atoms with Gasteiger partial charge >= 0.3 is 0 Å². The summed E-state index contributed by atoms with van der Waals surface area (Å²) in [4.78, 5) is 0. The molecule has 0 amide bonds. The first-order valence-electron chi connectivity index (χ1n) is 7.94. The number of para-hydroxylation sites is 1. The third kappa shape index (κ3) is 4.56. The van der Waals surface area contributed by atoms with E-state index in [1.54, 1.807) is 0 Å². The molecule has 0 spiro atoms. The third-order valence-electron chi connectivity index (χ3n) is 4.36. The molecular formula is C18H25NO. The maximum absolute atomic E-state index is 9.58. The minimum atomic E-state index is -0.0829. The average Bonchev–Trinajstić information content (AvgIpc) is 2.47. The highest BCUT2D eigenvalue weighted by atomic mass is 16.5. The molecule has 0 N–H and O–H groups in total. The number of nitrogens with zero attached hydrogens (tertiary/aromatic N) is 1. The molecule has 0 atom stereocenters. The first kappa shape index (κ1) is 14.9. The van der Waals surface area contributed by atoms with Gasteiger partial charge in [0.15, 0.2) is 0 Å². The molecule has 1 aromatic carbocycles. The number of rotatable bonds is 5. The van der Waals surface area contributed by atoms with Gasteiger partial charge < -0.3 is 4.74 Å². The minimum absolute atomic E-state index is 0.0829. The fraction of sp³-hybridized carbons (Fsp3) is 0.611. The second-order valence-corrected chi connectivity index (χ2v) is 5.92. The molecule has 0 saturated heterocycles. The van der Waals surface area contributed by atoms with E-state index in [1.807, 2.05) is 30.3 Å². The van der Waals surface area contributed by atoms with Crippen molar-refractivity contribution in [3.63, 3.8) is 0 Å². The van der Waals surface area contributed by atoms with Gasteiger partial charge in [0, 0.05) is 0 Å². The number of nitriles is 1. The molecule has 0 bridgehead atoms. The number of benzene rings is 1. The summed E-state index contributed by atoms with van der Waals surface area (Å²) < 4.78 is 5.73. The van der Waals surface area contributed by atoms with E-state index < -0.39 is 0 Å². The lowest BCUT2D eigenvalue weighted by Gasteiger charge is -2.28. The molecule has 2 heteroatoms. The van der Waals surface area contributed by atoms with Gasteiger partial charge in [0.25, 0.3) is 0 Å². The van der Waals surface area contributed by atoms with E-state index >= 15 is 0 Å². The van der Waals surface area contributed by atoms with Gasteiger partial charge in [0.2, 0.25) is 0 Å². The highest BCUT2D eigenvalue weighted by molar-refractivity contribution is 5.20. The van der Waals surface area contributed by atoms with Crippen LogP contribution in [0.25, 0.3) is 0 Å². The molecule has 0 aromatic heterocycles. The van der Waals surface area contributed by atoms with Gasteiger partial charge in [-0.1, -0.05) is 50.3 Å². The molecule has 0 aliphatic heterocycles. The Hall–Kier alpha value is -1.49. The summed E-state index contributed by atoms with van der Waals surface area (Å²) in [6, 6.07) is 12.6. The lowest BCUT2D eigenvalue weighted by molar-refractivity contribution is 0.230. The molecule has 0 heterocycles. The molecule has 2 nitrogen and oxygen atoms in total. The topological polar surface area (TPSA) is 33.0 Å². The second-order valence-electron chi connectivity index (χ2n) is 5.92. The van der Waals surface area contributed by atoms with E-state index in [0.717, 1.165) is 31.4 Å². The van der Waals surface area contributed by atoms with E-state index in [9.17, 15) is 5.26 Å². The van der Waals surface area contributed by atoms with Crippen molar-refractivity contribution in [2.24, 2.45) is 5.41 Å². The summed E-state index contributed by atoms with van der Waals surface area (Å²) in [5.41, 5.74) is -0.0829. The molecule has 1 fully saturated rings. The van der Waals surface area contributed by atoms with E-state index in [-0.39, 0.29) is 5.41 Å². The van der Waals surface area contributed by atoms with E-state index in [0.29, 0.717) is 6.61 Å². The van der Waals surface area contributed by atoms with Crippen molar-refractivity contribution in [1.82, 2.24) is 0 Å². The Bertz CT molecular complexity index is 413. The summed E-state index contributed by atoms with van der Waals surface area (Å²) in [5.74, 6) is 0.927. The van der Waals surface area contributed by atoms with Crippen LogP contribution in [-0.2, 0) is 0 Å². The predicted octanol–water partition coefficient (Wildman–Crippen LogP) is 5.10. The zero-order chi connectivity index (χ0) is 14.1. The Morgan fingerprint density at radius 1 is 1.00 bits per heavy atom. The third-order valence-corrected chi connectivity index (χ3v) is 4.36. The lowest BCUT2D eigenvalue weighted by Crippen LogP contribution is -2.21. The summed E-state index contributed by atoms with van der Waals surface area (Å²) in [6.45, 7) is 0.716. The van der Waals surface area contributed by atoms with Gasteiger partial charge in [0.1, 0.15) is 5.75 Å². The molecule has 1 aromatic rings. The fourth-order valence-electron chi connectivity index (χ4n) is 3.12. The summed E-state index contributed by atoms with van der Waals surface area (Å²) in [7, 11) is 0. The quantitative estimate of drug-likeness (QED) is 0.698. The van der Waals surface area contributed by atoms with Crippen LogP contribution in [-0.4, -0.2) is 6.61 Å². The molecule has 2 rings (SSSR count). The molecule has 1 saturated carbocycles. The highest BCUT2D eigenvalue weighted by Gasteiger charge is 2.29. The van der Waals surface area contributed by atoms with Crippen molar-refractivity contribution >= 4 is 0 Å². The first-order valence-corrected chi connectivity index (χ1v) is 7.94. The van der Waals surface area contributed by atoms with Gasteiger partial charge in [-0.15, -0.1) is 0 Å². The summed E-state index contributed by atoms with van der Waals surface area (Å²) in [6.07, 6.45) is 10.5. The van der Waals surface area contributed by atoms with E-state index in [1.165, 1.54) is 32.1 Å². The van der Waals surface area contributed by atoms with Gasteiger partial charge in [0.05, 0.1) is 18.1 Å². The van der Waals surface area contributed by atoms with E-state index in [4.69, 9.17) is 4.74 Å². The molecular weight excluding hydrogens is 246 g/mol. The van der Waals surface area contributed by atoms with Crippen LogP contribution in [0.15, 0.2) is 30.3 Å². The summed E-state index contributed by atoms with van der Waals surface area (Å²) >= 11 is 0. The van der Waals surface area contributed by atoms with Crippen molar-refractivity contribution in [2.45, 2.75) is 57.8 Å². The van der Waals surface area contributed by atoms with Crippen molar-refractivity contribution < 1.29 is 4.74 Å². The zero-order valence-corrected chi connectivity index (χ0v) is 12.3. The Balaban J connectivity index is 1.76. The monoisotopic (exact) mass is 271 g/mol. The van der Waals surface area contributed by atoms with Crippen molar-refractivity contribution in [3.8, 4) is 11.8 Å². The smallest absolute Gasteiger partial charge is 0.119 e. The Morgan fingerprint density at radius 3 is 2.30 bits per heavy atom. The van der Waals surface area contributed by atoms with Gasteiger partial charge in [-0.2, -0.15) is 5.26 Å². The maximum Gasteiger partial charge on any atom is 0.119 e. The van der Waals surface area contributed by atoms with Gasteiger partial charge in [-0.05, 0) is 37.8 Å². The Morgan fingerprint density at radius 2 is 1.65 bits per heavy atom. The SMILES string of the molecule is N#CC1(CCCOc2ccccc2)CCCCCCC1. The molecule has 0 radical (unpaired) electrons. The standard InChI is InChI=1S/C18H25NO/c19-16-18(12-7-2-1-3-8-13-18)14-9-15-20-17-10-5-4-6-11-17/h4-6,10-11H,1-3,7-9,12-15H2. The van der Waals surface area contributed by atoms with Crippen LogP contribution in [0.3, 0.4) is 0 Å². The zero-order valence-electron chi connectivity index (χ0n) is 12.3. The normalized spacial score (nSPS) is 18.6. The van der Waals surface area contributed by atoms with Crippen LogP contribution in [0.4, 0.5) is 0 Å². The van der Waals surface area contributed by atoms with Gasteiger partial charge in [-0.25, -0.2) is 0 Å². The van der Waals surface area contributed by atoms with Crippen LogP contribution in [0, 0.1) is 16.7 Å². The van der Waals surface area contributed by atoms with Crippen LogP contribution in [0.2, 0.25) is 0 Å². The van der Waals surface area contributed by atoms with Crippen LogP contribution < -0.4 is 4.74 Å².